The monoisotopic (exact) mass is 298 g/mol. The third-order valence-electron chi connectivity index (χ3n) is 3.24. The molecular formula is C15H23ClN2O2. The third-order valence-corrected chi connectivity index (χ3v) is 3.43. The maximum atomic E-state index is 12.3. The van der Waals surface area contributed by atoms with Gasteiger partial charge in [0.15, 0.2) is 0 Å². The molecule has 0 spiro atoms. The van der Waals surface area contributed by atoms with Gasteiger partial charge in [0.25, 0.3) is 5.91 Å². The number of halogens is 1. The van der Waals surface area contributed by atoms with Crippen LogP contribution in [-0.4, -0.2) is 28.6 Å². The van der Waals surface area contributed by atoms with Crippen LogP contribution in [0.15, 0.2) is 12.1 Å². The average molecular weight is 299 g/mol. The second kappa shape index (κ2) is 7.04. The lowest BCUT2D eigenvalue weighted by Gasteiger charge is -2.31. The van der Waals surface area contributed by atoms with E-state index in [0.29, 0.717) is 17.1 Å². The molecule has 0 radical (unpaired) electrons. The van der Waals surface area contributed by atoms with Crippen molar-refractivity contribution in [2.45, 2.75) is 46.6 Å². The molecule has 1 rings (SSSR count). The van der Waals surface area contributed by atoms with E-state index in [0.717, 1.165) is 12.1 Å². The van der Waals surface area contributed by atoms with Crippen molar-refractivity contribution in [3.05, 3.63) is 28.5 Å². The zero-order valence-corrected chi connectivity index (χ0v) is 13.3. The fourth-order valence-electron chi connectivity index (χ4n) is 1.96. The van der Waals surface area contributed by atoms with Crippen LogP contribution in [0.4, 0.5) is 0 Å². The molecule has 4 nitrogen and oxygen atoms in total. The first kappa shape index (κ1) is 16.9. The first-order chi connectivity index (χ1) is 9.27. The van der Waals surface area contributed by atoms with Gasteiger partial charge in [-0.05, 0) is 30.4 Å². The molecular weight excluding hydrogens is 276 g/mol. The Morgan fingerprint density at radius 1 is 1.45 bits per heavy atom. The van der Waals surface area contributed by atoms with E-state index in [1.807, 2.05) is 27.7 Å². The maximum Gasteiger partial charge on any atom is 0.251 e. The minimum Gasteiger partial charge on any atom is -0.396 e. The molecule has 0 saturated carbocycles. The molecule has 0 aromatic carbocycles. The number of hydrogen-bond acceptors (Lipinski definition) is 3. The molecule has 0 aliphatic carbocycles. The number of hydrogen-bond donors (Lipinski definition) is 2. The summed E-state index contributed by atoms with van der Waals surface area (Å²) in [6.07, 6.45) is 1.24. The number of aromatic nitrogens is 1. The molecule has 112 valence electrons. The summed E-state index contributed by atoms with van der Waals surface area (Å²) >= 11 is 5.93. The van der Waals surface area contributed by atoms with E-state index in [4.69, 9.17) is 16.7 Å². The molecule has 0 aliphatic rings. The second-order valence-electron chi connectivity index (χ2n) is 5.93. The summed E-state index contributed by atoms with van der Waals surface area (Å²) < 4.78 is 0. The van der Waals surface area contributed by atoms with Gasteiger partial charge in [-0.25, -0.2) is 4.98 Å². The van der Waals surface area contributed by atoms with Gasteiger partial charge in [0, 0.05) is 23.9 Å². The Kier molecular flexibility index (Phi) is 5.96. The second-order valence-corrected chi connectivity index (χ2v) is 6.32. The summed E-state index contributed by atoms with van der Waals surface area (Å²) in [5, 5.41) is 12.4. The van der Waals surface area contributed by atoms with Crippen molar-refractivity contribution in [2.24, 2.45) is 5.41 Å². The minimum atomic E-state index is -0.183. The molecule has 2 N–H and O–H groups in total. The van der Waals surface area contributed by atoms with Crippen molar-refractivity contribution < 1.29 is 9.90 Å². The van der Waals surface area contributed by atoms with Crippen LogP contribution in [0, 0.1) is 5.41 Å². The van der Waals surface area contributed by atoms with Crippen LogP contribution in [0.2, 0.25) is 5.15 Å². The van der Waals surface area contributed by atoms with Crippen LogP contribution in [-0.2, 0) is 6.42 Å². The maximum absolute atomic E-state index is 12.3. The zero-order valence-electron chi connectivity index (χ0n) is 12.5. The van der Waals surface area contributed by atoms with E-state index < -0.39 is 0 Å². The van der Waals surface area contributed by atoms with E-state index >= 15 is 0 Å². The van der Waals surface area contributed by atoms with Gasteiger partial charge in [-0.1, -0.05) is 39.3 Å². The number of nitrogens with zero attached hydrogens (tertiary/aromatic N) is 1. The van der Waals surface area contributed by atoms with Crippen LogP contribution in [0.5, 0.6) is 0 Å². The quantitative estimate of drug-likeness (QED) is 0.822. The molecule has 20 heavy (non-hydrogen) atoms. The molecule has 1 heterocycles. The van der Waals surface area contributed by atoms with E-state index in [1.165, 1.54) is 0 Å². The van der Waals surface area contributed by atoms with E-state index in [2.05, 4.69) is 10.3 Å². The number of carbonyl (C=O) groups is 1. The van der Waals surface area contributed by atoms with Crippen LogP contribution >= 0.6 is 11.6 Å². The molecule has 1 aromatic heterocycles. The van der Waals surface area contributed by atoms with Gasteiger partial charge in [0.2, 0.25) is 0 Å². The van der Waals surface area contributed by atoms with E-state index in [1.54, 1.807) is 12.1 Å². The summed E-state index contributed by atoms with van der Waals surface area (Å²) in [5.74, 6) is -0.183. The van der Waals surface area contributed by atoms with Crippen molar-refractivity contribution in [2.75, 3.05) is 6.61 Å². The topological polar surface area (TPSA) is 62.2 Å². The van der Waals surface area contributed by atoms with Crippen LogP contribution in [0.1, 0.15) is 50.2 Å². The van der Waals surface area contributed by atoms with Crippen LogP contribution < -0.4 is 5.32 Å². The minimum absolute atomic E-state index is 0.0412. The molecule has 1 amide bonds. The summed E-state index contributed by atoms with van der Waals surface area (Å²) in [7, 11) is 0. The number of aliphatic hydroxyl groups is 1. The Bertz CT molecular complexity index is 469. The molecule has 0 fully saturated rings. The third kappa shape index (κ3) is 4.76. The van der Waals surface area contributed by atoms with Crippen LogP contribution in [0.3, 0.4) is 0 Å². The standard InChI is InChI=1S/C15H23ClN2O2/c1-5-11-8-10(9-13(16)17-11)14(20)18-12(6-7-19)15(2,3)4/h8-9,12,19H,5-7H2,1-4H3,(H,18,20). The molecule has 1 unspecified atom stereocenters. The van der Waals surface area contributed by atoms with Crippen molar-refractivity contribution in [1.82, 2.24) is 10.3 Å². The van der Waals surface area contributed by atoms with Crippen molar-refractivity contribution in [1.29, 1.82) is 0 Å². The van der Waals surface area contributed by atoms with E-state index in [-0.39, 0.29) is 24.0 Å². The van der Waals surface area contributed by atoms with Gasteiger partial charge in [0.1, 0.15) is 5.15 Å². The fraction of sp³-hybridized carbons (Fsp3) is 0.600. The lowest BCUT2D eigenvalue weighted by atomic mass is 9.85. The molecule has 0 saturated heterocycles. The van der Waals surface area contributed by atoms with Gasteiger partial charge < -0.3 is 10.4 Å². The largest absolute Gasteiger partial charge is 0.396 e. The predicted molar refractivity (Wildman–Crippen MR) is 81.0 cm³/mol. The number of pyridine rings is 1. The van der Waals surface area contributed by atoms with Crippen molar-refractivity contribution >= 4 is 17.5 Å². The lowest BCUT2D eigenvalue weighted by Crippen LogP contribution is -2.44. The Morgan fingerprint density at radius 3 is 2.60 bits per heavy atom. The van der Waals surface area contributed by atoms with Crippen molar-refractivity contribution in [3.63, 3.8) is 0 Å². The first-order valence-corrected chi connectivity index (χ1v) is 7.24. The Labute approximate surface area is 125 Å². The Morgan fingerprint density at radius 2 is 2.10 bits per heavy atom. The number of rotatable bonds is 5. The summed E-state index contributed by atoms with van der Waals surface area (Å²) in [6.45, 7) is 8.10. The van der Waals surface area contributed by atoms with E-state index in [9.17, 15) is 4.79 Å². The van der Waals surface area contributed by atoms with Gasteiger partial charge in [-0.3, -0.25) is 4.79 Å². The summed E-state index contributed by atoms with van der Waals surface area (Å²) in [4.78, 5) is 16.5. The molecule has 1 atom stereocenters. The first-order valence-electron chi connectivity index (χ1n) is 6.86. The average Bonchev–Trinajstić information content (AvgIpc) is 2.36. The lowest BCUT2D eigenvalue weighted by molar-refractivity contribution is 0.0885. The highest BCUT2D eigenvalue weighted by molar-refractivity contribution is 6.29. The number of aryl methyl sites for hydroxylation is 1. The molecule has 0 bridgehead atoms. The smallest absolute Gasteiger partial charge is 0.251 e. The molecule has 5 heteroatoms. The number of nitrogens with one attached hydrogen (secondary N) is 1. The fourth-order valence-corrected chi connectivity index (χ4v) is 2.18. The number of amides is 1. The van der Waals surface area contributed by atoms with Gasteiger partial charge in [0.05, 0.1) is 0 Å². The Hall–Kier alpha value is -1.13. The number of aliphatic hydroxyl groups excluding tert-OH is 1. The van der Waals surface area contributed by atoms with Gasteiger partial charge >= 0.3 is 0 Å². The number of carbonyl (C=O) groups excluding carboxylic acids is 1. The van der Waals surface area contributed by atoms with Crippen LogP contribution in [0.25, 0.3) is 0 Å². The molecule has 0 aliphatic heterocycles. The zero-order chi connectivity index (χ0) is 15.3. The van der Waals surface area contributed by atoms with Crippen molar-refractivity contribution in [3.8, 4) is 0 Å². The highest BCUT2D eigenvalue weighted by Crippen LogP contribution is 2.22. The normalized spacial score (nSPS) is 13.1. The highest BCUT2D eigenvalue weighted by Gasteiger charge is 2.26. The SMILES string of the molecule is CCc1cc(C(=O)NC(CCO)C(C)(C)C)cc(Cl)n1. The van der Waals surface area contributed by atoms with Gasteiger partial charge in [-0.2, -0.15) is 0 Å². The summed E-state index contributed by atoms with van der Waals surface area (Å²) in [6, 6.07) is 3.21. The van der Waals surface area contributed by atoms with Gasteiger partial charge in [-0.15, -0.1) is 0 Å². The molecule has 1 aromatic rings. The Balaban J connectivity index is 2.91. The predicted octanol–water partition coefficient (Wildman–Crippen LogP) is 2.82. The summed E-state index contributed by atoms with van der Waals surface area (Å²) in [5.41, 5.74) is 1.18. The highest BCUT2D eigenvalue weighted by atomic mass is 35.5.